The van der Waals surface area contributed by atoms with Gasteiger partial charge >= 0.3 is 6.03 Å². The van der Waals surface area contributed by atoms with Crippen LogP contribution in [0.3, 0.4) is 0 Å². The normalized spacial score (nSPS) is 13.7. The van der Waals surface area contributed by atoms with E-state index in [9.17, 15) is 18.3 Å². The molecule has 33 heavy (non-hydrogen) atoms. The largest absolute Gasteiger partial charge is 0.508 e. The van der Waals surface area contributed by atoms with Gasteiger partial charge in [0.2, 0.25) is 0 Å². The van der Waals surface area contributed by atoms with Gasteiger partial charge in [0.05, 0.1) is 17.7 Å². The number of urea groups is 1. The highest BCUT2D eigenvalue weighted by Crippen LogP contribution is 2.37. The van der Waals surface area contributed by atoms with Crippen molar-refractivity contribution in [2.24, 2.45) is 0 Å². The number of nitrogens with zero attached hydrogens (tertiary/aromatic N) is 2. The zero-order valence-electron chi connectivity index (χ0n) is 18.2. The second-order valence-corrected chi connectivity index (χ2v) is 10.2. The van der Waals surface area contributed by atoms with Gasteiger partial charge in [0, 0.05) is 18.8 Å². The van der Waals surface area contributed by atoms with E-state index in [1.54, 1.807) is 17.0 Å². The summed E-state index contributed by atoms with van der Waals surface area (Å²) in [6, 6.07) is 10.4. The smallest absolute Gasteiger partial charge is 0.323 e. The minimum atomic E-state index is -3.98. The number of aromatic nitrogens is 1. The van der Waals surface area contributed by atoms with Gasteiger partial charge in [0.1, 0.15) is 16.4 Å². The summed E-state index contributed by atoms with van der Waals surface area (Å²) in [5.74, 6) is 0.223. The number of ether oxygens (including phenoxy) is 1. The zero-order chi connectivity index (χ0) is 23.6. The Morgan fingerprint density at radius 3 is 2.52 bits per heavy atom. The van der Waals surface area contributed by atoms with Crippen molar-refractivity contribution in [3.63, 3.8) is 0 Å². The lowest BCUT2D eigenvalue weighted by Gasteiger charge is -2.14. The number of phenols is 1. The van der Waals surface area contributed by atoms with Gasteiger partial charge in [0.15, 0.2) is 5.13 Å². The number of nitrogens with one attached hydrogen (secondary N) is 2. The molecule has 1 aliphatic rings. The fourth-order valence-corrected chi connectivity index (χ4v) is 5.78. The van der Waals surface area contributed by atoms with Gasteiger partial charge in [-0.1, -0.05) is 11.3 Å². The summed E-state index contributed by atoms with van der Waals surface area (Å²) in [5, 5.41) is 12.7. The second-order valence-electron chi connectivity index (χ2n) is 7.58. The maximum absolute atomic E-state index is 13.1. The molecule has 11 heteroatoms. The Morgan fingerprint density at radius 1 is 1.15 bits per heavy atom. The van der Waals surface area contributed by atoms with Crippen molar-refractivity contribution in [3.8, 4) is 21.9 Å². The van der Waals surface area contributed by atoms with Crippen LogP contribution in [0, 0.1) is 6.92 Å². The minimum Gasteiger partial charge on any atom is -0.508 e. The number of sulfonamides is 1. The van der Waals surface area contributed by atoms with Crippen LogP contribution in [-0.2, 0) is 10.0 Å². The molecular formula is C22H24N4O5S2. The first-order valence-electron chi connectivity index (χ1n) is 10.3. The van der Waals surface area contributed by atoms with E-state index in [2.05, 4.69) is 15.0 Å². The molecule has 174 valence electrons. The Morgan fingerprint density at radius 2 is 1.85 bits per heavy atom. The number of carbonyl (C=O) groups excluding carboxylic acids is 1. The highest BCUT2D eigenvalue weighted by atomic mass is 32.2. The summed E-state index contributed by atoms with van der Waals surface area (Å²) in [5.41, 5.74) is 1.62. The summed E-state index contributed by atoms with van der Waals surface area (Å²) in [6.45, 7) is 3.28. The molecule has 1 fully saturated rings. The number of carbonyl (C=O) groups is 1. The summed E-state index contributed by atoms with van der Waals surface area (Å²) in [4.78, 5) is 19.3. The van der Waals surface area contributed by atoms with Crippen molar-refractivity contribution < 1.29 is 23.1 Å². The molecule has 0 spiro atoms. The number of aryl methyl sites for hydroxylation is 1. The van der Waals surface area contributed by atoms with Gasteiger partial charge in [0.25, 0.3) is 10.0 Å². The van der Waals surface area contributed by atoms with Crippen LogP contribution in [0.2, 0.25) is 0 Å². The molecule has 0 saturated carbocycles. The first kappa shape index (κ1) is 22.9. The Hall–Kier alpha value is -3.31. The number of thiazole rings is 1. The average Bonchev–Trinajstić information content (AvgIpc) is 3.45. The highest BCUT2D eigenvalue weighted by Gasteiger charge is 2.23. The molecule has 3 N–H and O–H groups in total. The van der Waals surface area contributed by atoms with Crippen LogP contribution >= 0.6 is 11.3 Å². The highest BCUT2D eigenvalue weighted by molar-refractivity contribution is 7.92. The predicted molar refractivity (Wildman–Crippen MR) is 128 cm³/mol. The van der Waals surface area contributed by atoms with E-state index in [0.717, 1.165) is 30.8 Å². The predicted octanol–water partition coefficient (Wildman–Crippen LogP) is 4.26. The molecule has 2 amide bonds. The molecule has 1 aliphatic heterocycles. The van der Waals surface area contributed by atoms with E-state index in [1.165, 1.54) is 48.8 Å². The van der Waals surface area contributed by atoms with Crippen LogP contribution < -0.4 is 14.8 Å². The van der Waals surface area contributed by atoms with E-state index in [1.807, 2.05) is 6.92 Å². The third-order valence-corrected chi connectivity index (χ3v) is 7.76. The Labute approximate surface area is 196 Å². The minimum absolute atomic E-state index is 0.0332. The van der Waals surface area contributed by atoms with Crippen molar-refractivity contribution in [1.29, 1.82) is 0 Å². The molecule has 0 atom stereocenters. The van der Waals surface area contributed by atoms with Gasteiger partial charge in [-0.15, -0.1) is 0 Å². The molecule has 0 unspecified atom stereocenters. The van der Waals surface area contributed by atoms with Crippen molar-refractivity contribution in [3.05, 3.63) is 48.2 Å². The molecule has 2 heterocycles. The number of benzene rings is 2. The monoisotopic (exact) mass is 488 g/mol. The number of amides is 2. The standard InChI is InChI=1S/C22H24N4O5S2/c1-14-20(32-21(23-14)24-22(28)26-11-3-4-12-26)15-5-10-18(31-2)19(13-15)33(29,30)25-16-6-8-17(27)9-7-16/h5-10,13,25,27H,3-4,11-12H2,1-2H3,(H,23,24,28). The van der Waals surface area contributed by atoms with E-state index < -0.39 is 10.0 Å². The lowest BCUT2D eigenvalue weighted by atomic mass is 10.1. The van der Waals surface area contributed by atoms with Crippen LogP contribution in [0.25, 0.3) is 10.4 Å². The van der Waals surface area contributed by atoms with Crippen LogP contribution in [0.5, 0.6) is 11.5 Å². The number of rotatable bonds is 6. The van der Waals surface area contributed by atoms with Crippen LogP contribution in [0.4, 0.5) is 15.6 Å². The van der Waals surface area contributed by atoms with Gasteiger partial charge < -0.3 is 14.7 Å². The lowest BCUT2D eigenvalue weighted by Crippen LogP contribution is -2.32. The molecule has 0 bridgehead atoms. The first-order chi connectivity index (χ1) is 15.8. The number of anilines is 2. The summed E-state index contributed by atoms with van der Waals surface area (Å²) < 4.78 is 34.0. The number of hydrogen-bond acceptors (Lipinski definition) is 7. The fourth-order valence-electron chi connectivity index (χ4n) is 3.58. The summed E-state index contributed by atoms with van der Waals surface area (Å²) >= 11 is 1.28. The average molecular weight is 489 g/mol. The third-order valence-electron chi connectivity index (χ3n) is 5.24. The van der Waals surface area contributed by atoms with Gasteiger partial charge in [-0.25, -0.2) is 18.2 Å². The summed E-state index contributed by atoms with van der Waals surface area (Å²) in [6.07, 6.45) is 1.99. The van der Waals surface area contributed by atoms with Gasteiger partial charge in [-0.3, -0.25) is 10.0 Å². The number of hydrogen-bond donors (Lipinski definition) is 3. The maximum Gasteiger partial charge on any atom is 0.323 e. The van der Waals surface area contributed by atoms with Gasteiger partial charge in [-0.05, 0) is 67.8 Å². The Kier molecular flexibility index (Phi) is 6.43. The summed E-state index contributed by atoms with van der Waals surface area (Å²) in [7, 11) is -2.58. The number of phenolic OH excluding ortho intramolecular Hbond substituents is 1. The Bertz CT molecular complexity index is 1270. The molecule has 1 saturated heterocycles. The molecular weight excluding hydrogens is 464 g/mol. The Balaban J connectivity index is 1.63. The van der Waals surface area contributed by atoms with Crippen LogP contribution in [0.1, 0.15) is 18.5 Å². The van der Waals surface area contributed by atoms with E-state index >= 15 is 0 Å². The van der Waals surface area contributed by atoms with Gasteiger partial charge in [-0.2, -0.15) is 0 Å². The van der Waals surface area contributed by atoms with Crippen LogP contribution in [0.15, 0.2) is 47.4 Å². The molecule has 0 aliphatic carbocycles. The zero-order valence-corrected chi connectivity index (χ0v) is 19.8. The molecule has 3 aromatic rings. The second kappa shape index (κ2) is 9.28. The van der Waals surface area contributed by atoms with Crippen molar-refractivity contribution >= 4 is 38.2 Å². The first-order valence-corrected chi connectivity index (χ1v) is 12.6. The van der Waals surface area contributed by atoms with Crippen LogP contribution in [-0.4, -0.2) is 49.6 Å². The number of aromatic hydroxyl groups is 1. The number of likely N-dealkylation sites (tertiary alicyclic amines) is 1. The van der Waals surface area contributed by atoms with E-state index in [4.69, 9.17) is 4.74 Å². The maximum atomic E-state index is 13.1. The topological polar surface area (TPSA) is 121 Å². The molecule has 2 aromatic carbocycles. The molecule has 1 aromatic heterocycles. The van der Waals surface area contributed by atoms with Crippen molar-refractivity contribution in [2.75, 3.05) is 30.2 Å². The number of methoxy groups -OCH3 is 1. The fraction of sp³-hybridized carbons (Fsp3) is 0.273. The van der Waals surface area contributed by atoms with E-state index in [0.29, 0.717) is 22.1 Å². The SMILES string of the molecule is COc1ccc(-c2sc(NC(=O)N3CCCC3)nc2C)cc1S(=O)(=O)Nc1ccc(O)cc1. The molecule has 4 rings (SSSR count). The molecule has 9 nitrogen and oxygen atoms in total. The van der Waals surface area contributed by atoms with Crippen molar-refractivity contribution in [2.45, 2.75) is 24.7 Å². The quantitative estimate of drug-likeness (QED) is 0.446. The lowest BCUT2D eigenvalue weighted by molar-refractivity contribution is 0.222. The van der Waals surface area contributed by atoms with Crippen molar-refractivity contribution in [1.82, 2.24) is 9.88 Å². The third kappa shape index (κ3) is 5.04. The van der Waals surface area contributed by atoms with E-state index in [-0.39, 0.29) is 22.4 Å². The molecule has 0 radical (unpaired) electrons.